The Morgan fingerprint density at radius 3 is 2.31 bits per heavy atom. The standard InChI is InChI=1S/C13H18O2S/c1-9-6-10(2)12(11(3)7-9)4-5-16-8-13(14)15/h6-7H,4-5,8H2,1-3H3,(H,14,15). The number of hydrogen-bond acceptors (Lipinski definition) is 2. The van der Waals surface area contributed by atoms with Crippen molar-refractivity contribution in [1.29, 1.82) is 0 Å². The Morgan fingerprint density at radius 1 is 1.25 bits per heavy atom. The van der Waals surface area contributed by atoms with Gasteiger partial charge in [0.2, 0.25) is 0 Å². The molecule has 1 rings (SSSR count). The monoisotopic (exact) mass is 238 g/mol. The van der Waals surface area contributed by atoms with E-state index in [0.717, 1.165) is 12.2 Å². The number of carboxylic acids is 1. The lowest BCUT2D eigenvalue weighted by Crippen LogP contribution is -2.02. The second-order valence-electron chi connectivity index (χ2n) is 4.07. The van der Waals surface area contributed by atoms with Gasteiger partial charge in [-0.2, -0.15) is 0 Å². The summed E-state index contributed by atoms with van der Waals surface area (Å²) < 4.78 is 0. The molecule has 1 N–H and O–H groups in total. The van der Waals surface area contributed by atoms with Crippen molar-refractivity contribution in [1.82, 2.24) is 0 Å². The van der Waals surface area contributed by atoms with Gasteiger partial charge in [-0.15, -0.1) is 11.8 Å². The molecule has 0 heterocycles. The number of rotatable bonds is 5. The predicted octanol–water partition coefficient (Wildman–Crippen LogP) is 2.97. The van der Waals surface area contributed by atoms with Gasteiger partial charge < -0.3 is 5.11 Å². The minimum Gasteiger partial charge on any atom is -0.481 e. The minimum atomic E-state index is -0.734. The molecule has 0 saturated carbocycles. The molecule has 1 aromatic carbocycles. The number of aryl methyl sites for hydroxylation is 3. The van der Waals surface area contributed by atoms with E-state index in [1.54, 1.807) is 0 Å². The van der Waals surface area contributed by atoms with Crippen LogP contribution in [-0.4, -0.2) is 22.6 Å². The number of hydrogen-bond donors (Lipinski definition) is 1. The van der Waals surface area contributed by atoms with Crippen molar-refractivity contribution in [3.05, 3.63) is 34.4 Å². The summed E-state index contributed by atoms with van der Waals surface area (Å²) in [6.45, 7) is 6.34. The lowest BCUT2D eigenvalue weighted by molar-refractivity contribution is -0.133. The van der Waals surface area contributed by atoms with Crippen LogP contribution < -0.4 is 0 Å². The Balaban J connectivity index is 2.57. The topological polar surface area (TPSA) is 37.3 Å². The molecule has 16 heavy (non-hydrogen) atoms. The Bertz CT molecular complexity index is 363. The predicted molar refractivity (Wildman–Crippen MR) is 69.3 cm³/mol. The van der Waals surface area contributed by atoms with Crippen LogP contribution in [0.25, 0.3) is 0 Å². The number of carboxylic acid groups (broad SMARTS) is 1. The van der Waals surface area contributed by atoms with Crippen molar-refractivity contribution in [2.24, 2.45) is 0 Å². The van der Waals surface area contributed by atoms with Gasteiger partial charge in [-0.1, -0.05) is 17.7 Å². The molecule has 0 aromatic heterocycles. The smallest absolute Gasteiger partial charge is 0.313 e. The van der Waals surface area contributed by atoms with Crippen LogP contribution >= 0.6 is 11.8 Å². The van der Waals surface area contributed by atoms with Crippen molar-refractivity contribution < 1.29 is 9.90 Å². The molecule has 0 aliphatic carbocycles. The molecule has 0 unspecified atom stereocenters. The molecule has 0 fully saturated rings. The zero-order chi connectivity index (χ0) is 12.1. The molecule has 88 valence electrons. The first-order valence-corrected chi connectivity index (χ1v) is 6.52. The van der Waals surface area contributed by atoms with Crippen LogP contribution in [0.15, 0.2) is 12.1 Å². The SMILES string of the molecule is Cc1cc(C)c(CCSCC(=O)O)c(C)c1. The molecule has 3 heteroatoms. The normalized spacial score (nSPS) is 10.4. The van der Waals surface area contributed by atoms with Crippen molar-refractivity contribution in [3.8, 4) is 0 Å². The summed E-state index contributed by atoms with van der Waals surface area (Å²) in [7, 11) is 0. The van der Waals surface area contributed by atoms with Gasteiger partial charge in [0.05, 0.1) is 5.75 Å². The molecule has 0 spiro atoms. The van der Waals surface area contributed by atoms with Gasteiger partial charge in [0.25, 0.3) is 0 Å². The molecule has 0 atom stereocenters. The number of carbonyl (C=O) groups is 1. The van der Waals surface area contributed by atoms with Gasteiger partial charge in [0.1, 0.15) is 0 Å². The van der Waals surface area contributed by atoms with E-state index in [1.165, 1.54) is 34.0 Å². The van der Waals surface area contributed by atoms with E-state index in [9.17, 15) is 4.79 Å². The maximum absolute atomic E-state index is 10.4. The van der Waals surface area contributed by atoms with Gasteiger partial charge >= 0.3 is 5.97 Å². The number of thioether (sulfide) groups is 1. The maximum atomic E-state index is 10.4. The largest absolute Gasteiger partial charge is 0.481 e. The van der Waals surface area contributed by atoms with Crippen LogP contribution in [-0.2, 0) is 11.2 Å². The van der Waals surface area contributed by atoms with Crippen LogP contribution in [0.2, 0.25) is 0 Å². The fourth-order valence-electron chi connectivity index (χ4n) is 1.94. The summed E-state index contributed by atoms with van der Waals surface area (Å²) in [5, 5.41) is 8.54. The lowest BCUT2D eigenvalue weighted by Gasteiger charge is -2.10. The zero-order valence-corrected chi connectivity index (χ0v) is 10.9. The third-order valence-electron chi connectivity index (χ3n) is 2.56. The van der Waals surface area contributed by atoms with Crippen LogP contribution in [0, 0.1) is 20.8 Å². The molecule has 2 nitrogen and oxygen atoms in total. The van der Waals surface area contributed by atoms with Crippen LogP contribution in [0.3, 0.4) is 0 Å². The molecule has 0 radical (unpaired) electrons. The molecule has 0 aliphatic rings. The highest BCUT2D eigenvalue weighted by Gasteiger charge is 2.04. The van der Waals surface area contributed by atoms with Gasteiger partial charge in [-0.25, -0.2) is 0 Å². The fourth-order valence-corrected chi connectivity index (χ4v) is 2.61. The molecular weight excluding hydrogens is 220 g/mol. The minimum absolute atomic E-state index is 0.198. The summed E-state index contributed by atoms with van der Waals surface area (Å²) in [6, 6.07) is 4.37. The van der Waals surface area contributed by atoms with E-state index < -0.39 is 5.97 Å². The Kier molecular flexibility index (Phi) is 4.87. The third-order valence-corrected chi connectivity index (χ3v) is 3.51. The molecule has 0 amide bonds. The Labute approximate surface area is 101 Å². The highest BCUT2D eigenvalue weighted by Crippen LogP contribution is 2.18. The molecule has 1 aromatic rings. The molecule has 0 saturated heterocycles. The van der Waals surface area contributed by atoms with Crippen LogP contribution in [0.5, 0.6) is 0 Å². The van der Waals surface area contributed by atoms with Gasteiger partial charge in [-0.05, 0) is 49.6 Å². The number of aliphatic carboxylic acids is 1. The van der Waals surface area contributed by atoms with E-state index in [1.807, 2.05) is 0 Å². The van der Waals surface area contributed by atoms with Crippen LogP contribution in [0.1, 0.15) is 22.3 Å². The quantitative estimate of drug-likeness (QED) is 0.801. The summed E-state index contributed by atoms with van der Waals surface area (Å²) in [5.74, 6) is 0.336. The van der Waals surface area contributed by atoms with E-state index in [-0.39, 0.29) is 5.75 Å². The Hall–Kier alpha value is -0.960. The average molecular weight is 238 g/mol. The first-order valence-electron chi connectivity index (χ1n) is 5.37. The van der Waals surface area contributed by atoms with Crippen LogP contribution in [0.4, 0.5) is 0 Å². The first-order chi connectivity index (χ1) is 7.50. The van der Waals surface area contributed by atoms with Crippen molar-refractivity contribution in [2.45, 2.75) is 27.2 Å². The van der Waals surface area contributed by atoms with Crippen molar-refractivity contribution in [3.63, 3.8) is 0 Å². The summed E-state index contributed by atoms with van der Waals surface area (Å²) >= 11 is 1.48. The Morgan fingerprint density at radius 2 is 1.81 bits per heavy atom. The summed E-state index contributed by atoms with van der Waals surface area (Å²) in [5.41, 5.74) is 5.28. The first kappa shape index (κ1) is 13.1. The summed E-state index contributed by atoms with van der Waals surface area (Å²) in [4.78, 5) is 10.4. The van der Waals surface area contributed by atoms with Gasteiger partial charge in [0.15, 0.2) is 0 Å². The van der Waals surface area contributed by atoms with Gasteiger partial charge in [-0.3, -0.25) is 4.79 Å². The molecule has 0 aliphatic heterocycles. The average Bonchev–Trinajstić information content (AvgIpc) is 2.14. The fraction of sp³-hybridized carbons (Fsp3) is 0.462. The van der Waals surface area contributed by atoms with E-state index in [4.69, 9.17) is 5.11 Å². The highest BCUT2D eigenvalue weighted by molar-refractivity contribution is 7.99. The highest BCUT2D eigenvalue weighted by atomic mass is 32.2. The lowest BCUT2D eigenvalue weighted by atomic mass is 9.98. The second-order valence-corrected chi connectivity index (χ2v) is 5.18. The number of benzene rings is 1. The molecule has 0 bridgehead atoms. The van der Waals surface area contributed by atoms with Gasteiger partial charge in [0, 0.05) is 0 Å². The van der Waals surface area contributed by atoms with E-state index >= 15 is 0 Å². The van der Waals surface area contributed by atoms with Crippen molar-refractivity contribution in [2.75, 3.05) is 11.5 Å². The van der Waals surface area contributed by atoms with E-state index in [2.05, 4.69) is 32.9 Å². The van der Waals surface area contributed by atoms with Crippen molar-refractivity contribution >= 4 is 17.7 Å². The zero-order valence-electron chi connectivity index (χ0n) is 10.0. The third kappa shape index (κ3) is 3.89. The summed E-state index contributed by atoms with van der Waals surface area (Å²) in [6.07, 6.45) is 0.954. The molecular formula is C13H18O2S. The van der Waals surface area contributed by atoms with E-state index in [0.29, 0.717) is 0 Å². The maximum Gasteiger partial charge on any atom is 0.313 e. The second kappa shape index (κ2) is 5.94.